The van der Waals surface area contributed by atoms with E-state index in [1.165, 1.54) is 25.7 Å². The molecule has 1 aromatic heterocycles. The van der Waals surface area contributed by atoms with Gasteiger partial charge in [-0.15, -0.1) is 0 Å². The summed E-state index contributed by atoms with van der Waals surface area (Å²) in [6.07, 6.45) is 8.92. The van der Waals surface area contributed by atoms with Gasteiger partial charge >= 0.3 is 6.03 Å². The first-order valence-electron chi connectivity index (χ1n) is 9.03. The van der Waals surface area contributed by atoms with Gasteiger partial charge in [-0.2, -0.15) is 0 Å². The van der Waals surface area contributed by atoms with Crippen LogP contribution in [-0.4, -0.2) is 42.4 Å². The molecule has 0 unspecified atom stereocenters. The number of aromatic nitrogens is 1. The van der Waals surface area contributed by atoms with Gasteiger partial charge in [-0.25, -0.2) is 9.78 Å². The molecule has 0 aromatic carbocycles. The van der Waals surface area contributed by atoms with Crippen LogP contribution < -0.4 is 15.5 Å². The lowest BCUT2D eigenvalue weighted by Gasteiger charge is -2.21. The van der Waals surface area contributed by atoms with E-state index >= 15 is 0 Å². The van der Waals surface area contributed by atoms with E-state index in [2.05, 4.69) is 20.5 Å². The van der Waals surface area contributed by atoms with Crippen LogP contribution in [0.2, 0.25) is 0 Å². The fourth-order valence-electron chi connectivity index (χ4n) is 3.09. The zero-order valence-corrected chi connectivity index (χ0v) is 14.3. The average Bonchev–Trinajstić information content (AvgIpc) is 3.43. The largest absolute Gasteiger partial charge is 0.396 e. The van der Waals surface area contributed by atoms with Crippen LogP contribution in [0.25, 0.3) is 0 Å². The summed E-state index contributed by atoms with van der Waals surface area (Å²) in [4.78, 5) is 18.7. The number of pyridine rings is 1. The summed E-state index contributed by atoms with van der Waals surface area (Å²) in [6.45, 7) is 3.32. The molecule has 6 nitrogen and oxygen atoms in total. The molecule has 3 rings (SSSR count). The van der Waals surface area contributed by atoms with Crippen molar-refractivity contribution in [1.29, 1.82) is 0 Å². The third-order valence-electron chi connectivity index (χ3n) is 5.11. The van der Waals surface area contributed by atoms with Gasteiger partial charge in [0, 0.05) is 37.8 Å². The van der Waals surface area contributed by atoms with Crippen LogP contribution in [-0.2, 0) is 6.54 Å². The zero-order valence-electron chi connectivity index (χ0n) is 14.3. The quantitative estimate of drug-likeness (QED) is 0.745. The number of amides is 2. The molecule has 132 valence electrons. The van der Waals surface area contributed by atoms with Crippen molar-refractivity contribution in [3.8, 4) is 0 Å². The molecule has 0 radical (unpaired) electrons. The Hall–Kier alpha value is -1.82. The number of hydrogen-bond acceptors (Lipinski definition) is 4. The minimum atomic E-state index is -0.189. The van der Waals surface area contributed by atoms with Crippen molar-refractivity contribution >= 4 is 11.8 Å². The second-order valence-corrected chi connectivity index (χ2v) is 7.12. The Kier molecular flexibility index (Phi) is 5.56. The van der Waals surface area contributed by atoms with Crippen molar-refractivity contribution in [2.45, 2.75) is 45.1 Å². The average molecular weight is 332 g/mol. The summed E-state index contributed by atoms with van der Waals surface area (Å²) in [6, 6.07) is 3.89. The van der Waals surface area contributed by atoms with Gasteiger partial charge < -0.3 is 20.6 Å². The highest BCUT2D eigenvalue weighted by atomic mass is 16.3. The first kappa shape index (κ1) is 17.0. The Labute approximate surface area is 143 Å². The number of aliphatic hydroxyl groups is 1. The summed E-state index contributed by atoms with van der Waals surface area (Å²) in [5.41, 5.74) is 0.931. The predicted molar refractivity (Wildman–Crippen MR) is 93.9 cm³/mol. The predicted octanol–water partition coefficient (Wildman–Crippen LogP) is 2.03. The molecule has 2 amide bonds. The molecule has 1 saturated heterocycles. The number of urea groups is 1. The standard InChI is InChI=1S/C18H28N4O2/c23-14-18(7-8-18)13-21-17(24)20-12-15-5-6-16(19-11-15)22-9-3-1-2-4-10-22/h5-6,11,23H,1-4,7-10,12-14H2,(H2,20,21,24). The first-order chi connectivity index (χ1) is 11.7. The van der Waals surface area contributed by atoms with Gasteiger partial charge in [0.1, 0.15) is 5.82 Å². The molecule has 1 aromatic rings. The fraction of sp³-hybridized carbons (Fsp3) is 0.667. The third-order valence-corrected chi connectivity index (χ3v) is 5.11. The molecule has 6 heteroatoms. The Morgan fingerprint density at radius 2 is 1.92 bits per heavy atom. The summed E-state index contributed by atoms with van der Waals surface area (Å²) in [5.74, 6) is 1.03. The number of carbonyl (C=O) groups excluding carboxylic acids is 1. The number of nitrogens with one attached hydrogen (secondary N) is 2. The van der Waals surface area contributed by atoms with E-state index in [1.54, 1.807) is 0 Å². The lowest BCUT2D eigenvalue weighted by molar-refractivity contribution is 0.203. The van der Waals surface area contributed by atoms with Gasteiger partial charge in [-0.05, 0) is 37.3 Å². The number of aliphatic hydroxyl groups excluding tert-OH is 1. The Morgan fingerprint density at radius 1 is 1.17 bits per heavy atom. The van der Waals surface area contributed by atoms with E-state index in [0.717, 1.165) is 37.3 Å². The molecule has 0 bridgehead atoms. The maximum atomic E-state index is 11.8. The highest BCUT2D eigenvalue weighted by Crippen LogP contribution is 2.44. The van der Waals surface area contributed by atoms with Gasteiger partial charge in [0.15, 0.2) is 0 Å². The number of rotatable bonds is 6. The summed E-state index contributed by atoms with van der Waals surface area (Å²) in [7, 11) is 0. The highest BCUT2D eigenvalue weighted by molar-refractivity contribution is 5.73. The van der Waals surface area contributed by atoms with Gasteiger partial charge in [-0.1, -0.05) is 18.9 Å². The Balaban J connectivity index is 1.43. The van der Waals surface area contributed by atoms with Crippen LogP contribution in [0.1, 0.15) is 44.1 Å². The lowest BCUT2D eigenvalue weighted by atomic mass is 10.1. The minimum Gasteiger partial charge on any atom is -0.396 e. The summed E-state index contributed by atoms with van der Waals surface area (Å²) in [5, 5.41) is 14.9. The maximum Gasteiger partial charge on any atom is 0.315 e. The van der Waals surface area contributed by atoms with E-state index in [-0.39, 0.29) is 18.1 Å². The van der Waals surface area contributed by atoms with Crippen LogP contribution in [0.5, 0.6) is 0 Å². The molecular formula is C18H28N4O2. The van der Waals surface area contributed by atoms with Crippen molar-refractivity contribution in [3.63, 3.8) is 0 Å². The smallest absolute Gasteiger partial charge is 0.315 e. The van der Waals surface area contributed by atoms with Crippen LogP contribution in [0.15, 0.2) is 18.3 Å². The van der Waals surface area contributed by atoms with Crippen molar-refractivity contribution in [1.82, 2.24) is 15.6 Å². The molecule has 2 fully saturated rings. The number of anilines is 1. The number of nitrogens with zero attached hydrogens (tertiary/aromatic N) is 2. The molecule has 2 heterocycles. The number of carbonyl (C=O) groups is 1. The molecule has 1 aliphatic heterocycles. The lowest BCUT2D eigenvalue weighted by Crippen LogP contribution is -2.39. The zero-order chi connectivity index (χ0) is 16.8. The van der Waals surface area contributed by atoms with Gasteiger partial charge in [0.2, 0.25) is 0 Å². The van der Waals surface area contributed by atoms with Crippen LogP contribution in [0.4, 0.5) is 10.6 Å². The molecule has 3 N–H and O–H groups in total. The molecule has 24 heavy (non-hydrogen) atoms. The van der Waals surface area contributed by atoms with Crippen LogP contribution >= 0.6 is 0 Å². The highest BCUT2D eigenvalue weighted by Gasteiger charge is 2.42. The van der Waals surface area contributed by atoms with Crippen LogP contribution in [0, 0.1) is 5.41 Å². The second kappa shape index (κ2) is 7.83. The molecule has 2 aliphatic rings. The van der Waals surface area contributed by atoms with Crippen molar-refractivity contribution in [3.05, 3.63) is 23.9 Å². The summed E-state index contributed by atoms with van der Waals surface area (Å²) < 4.78 is 0. The molecule has 1 saturated carbocycles. The first-order valence-corrected chi connectivity index (χ1v) is 9.03. The molecular weight excluding hydrogens is 304 g/mol. The topological polar surface area (TPSA) is 77.5 Å². The van der Waals surface area contributed by atoms with Crippen molar-refractivity contribution in [2.75, 3.05) is 31.1 Å². The maximum absolute atomic E-state index is 11.8. The molecule has 1 aliphatic carbocycles. The normalized spacial score (nSPS) is 19.5. The van der Waals surface area contributed by atoms with Crippen LogP contribution in [0.3, 0.4) is 0 Å². The van der Waals surface area contributed by atoms with E-state index in [1.807, 2.05) is 18.3 Å². The van der Waals surface area contributed by atoms with Gasteiger partial charge in [0.05, 0.1) is 6.61 Å². The van der Waals surface area contributed by atoms with Crippen molar-refractivity contribution < 1.29 is 9.90 Å². The fourth-order valence-corrected chi connectivity index (χ4v) is 3.09. The second-order valence-electron chi connectivity index (χ2n) is 7.12. The van der Waals surface area contributed by atoms with E-state index < -0.39 is 0 Å². The molecule has 0 atom stereocenters. The number of hydrogen-bond donors (Lipinski definition) is 3. The van der Waals surface area contributed by atoms with E-state index in [4.69, 9.17) is 0 Å². The monoisotopic (exact) mass is 332 g/mol. The van der Waals surface area contributed by atoms with E-state index in [0.29, 0.717) is 13.1 Å². The SMILES string of the molecule is O=C(NCc1ccc(N2CCCCCC2)nc1)NCC1(CO)CC1. The van der Waals surface area contributed by atoms with E-state index in [9.17, 15) is 9.90 Å². The van der Waals surface area contributed by atoms with Gasteiger partial charge in [-0.3, -0.25) is 0 Å². The summed E-state index contributed by atoms with van der Waals surface area (Å²) >= 11 is 0. The van der Waals surface area contributed by atoms with Crippen molar-refractivity contribution in [2.24, 2.45) is 5.41 Å². The van der Waals surface area contributed by atoms with Gasteiger partial charge in [0.25, 0.3) is 0 Å². The Morgan fingerprint density at radius 3 is 2.50 bits per heavy atom. The minimum absolute atomic E-state index is 0.0618. The Bertz CT molecular complexity index is 534. The molecule has 0 spiro atoms. The third kappa shape index (κ3) is 4.60.